The zero-order valence-electron chi connectivity index (χ0n) is 23.8. The minimum Gasteiger partial charge on any atom is -0.357 e. The van der Waals surface area contributed by atoms with Crippen molar-refractivity contribution < 1.29 is 18.0 Å². The molecular formula is C33H34ClN3O4S. The number of anilines is 1. The van der Waals surface area contributed by atoms with Crippen molar-refractivity contribution in [3.8, 4) is 0 Å². The molecule has 218 valence electrons. The van der Waals surface area contributed by atoms with Gasteiger partial charge in [-0.05, 0) is 60.9 Å². The molecule has 0 spiro atoms. The molecule has 0 radical (unpaired) electrons. The molecule has 0 aromatic heterocycles. The minimum absolute atomic E-state index is 0.0457. The third-order valence-corrected chi connectivity index (χ3v) is 9.04. The highest BCUT2D eigenvalue weighted by atomic mass is 35.5. The summed E-state index contributed by atoms with van der Waals surface area (Å²) in [5.41, 5.74) is 3.66. The Hall–Kier alpha value is -4.14. The maximum atomic E-state index is 14.3. The number of halogens is 1. The molecule has 0 aliphatic carbocycles. The number of hydrogen-bond donors (Lipinski definition) is 1. The van der Waals surface area contributed by atoms with Crippen molar-refractivity contribution in [2.24, 2.45) is 0 Å². The van der Waals surface area contributed by atoms with Gasteiger partial charge in [0.15, 0.2) is 0 Å². The van der Waals surface area contributed by atoms with E-state index in [-0.39, 0.29) is 23.8 Å². The van der Waals surface area contributed by atoms with Gasteiger partial charge in [-0.1, -0.05) is 90.0 Å². The van der Waals surface area contributed by atoms with Crippen molar-refractivity contribution in [2.75, 3.05) is 17.9 Å². The van der Waals surface area contributed by atoms with Gasteiger partial charge in [0, 0.05) is 25.0 Å². The van der Waals surface area contributed by atoms with Crippen LogP contribution in [0.1, 0.15) is 22.3 Å². The van der Waals surface area contributed by atoms with Crippen LogP contribution >= 0.6 is 11.6 Å². The number of carbonyl (C=O) groups is 2. The van der Waals surface area contributed by atoms with Gasteiger partial charge >= 0.3 is 0 Å². The summed E-state index contributed by atoms with van der Waals surface area (Å²) >= 11 is 6.19. The van der Waals surface area contributed by atoms with Gasteiger partial charge in [0.25, 0.3) is 10.0 Å². The zero-order chi connectivity index (χ0) is 30.3. The predicted molar refractivity (Wildman–Crippen MR) is 167 cm³/mol. The lowest BCUT2D eigenvalue weighted by Crippen LogP contribution is -2.53. The summed E-state index contributed by atoms with van der Waals surface area (Å²) in [5, 5.41) is 3.14. The number of amides is 2. The minimum atomic E-state index is -4.16. The molecule has 42 heavy (non-hydrogen) atoms. The average molecular weight is 604 g/mol. The molecule has 2 amide bonds. The summed E-state index contributed by atoms with van der Waals surface area (Å²) < 4.78 is 29.1. The maximum absolute atomic E-state index is 14.3. The lowest BCUT2D eigenvalue weighted by Gasteiger charge is -2.34. The molecule has 4 aromatic carbocycles. The van der Waals surface area contributed by atoms with Crippen LogP contribution in [0.2, 0.25) is 5.02 Å². The Morgan fingerprint density at radius 1 is 0.833 bits per heavy atom. The number of benzene rings is 4. The van der Waals surface area contributed by atoms with Gasteiger partial charge in [0.05, 0.1) is 10.6 Å². The second kappa shape index (κ2) is 13.7. The van der Waals surface area contributed by atoms with Crippen molar-refractivity contribution in [2.45, 2.75) is 37.8 Å². The number of nitrogens with zero attached hydrogens (tertiary/aromatic N) is 2. The summed E-state index contributed by atoms with van der Waals surface area (Å²) in [6, 6.07) is 29.0. The van der Waals surface area contributed by atoms with Crippen molar-refractivity contribution in [3.63, 3.8) is 0 Å². The Bertz CT molecular complexity index is 1630. The van der Waals surface area contributed by atoms with Gasteiger partial charge in [-0.2, -0.15) is 0 Å². The van der Waals surface area contributed by atoms with E-state index in [9.17, 15) is 18.0 Å². The highest BCUT2D eigenvalue weighted by Crippen LogP contribution is 2.29. The molecule has 4 aromatic rings. The number of sulfonamides is 1. The van der Waals surface area contributed by atoms with Crippen LogP contribution in [0.4, 0.5) is 5.69 Å². The highest BCUT2D eigenvalue weighted by molar-refractivity contribution is 7.92. The van der Waals surface area contributed by atoms with Gasteiger partial charge in [0.1, 0.15) is 12.6 Å². The van der Waals surface area contributed by atoms with Crippen LogP contribution in [-0.4, -0.2) is 44.8 Å². The van der Waals surface area contributed by atoms with E-state index in [1.807, 2.05) is 61.5 Å². The third-order valence-electron chi connectivity index (χ3n) is 7.03. The molecule has 0 saturated carbocycles. The Morgan fingerprint density at radius 3 is 2.05 bits per heavy atom. The number of rotatable bonds is 11. The fourth-order valence-electron chi connectivity index (χ4n) is 4.74. The molecule has 7 nitrogen and oxygen atoms in total. The van der Waals surface area contributed by atoms with E-state index in [0.717, 1.165) is 21.0 Å². The smallest absolute Gasteiger partial charge is 0.264 e. The van der Waals surface area contributed by atoms with Crippen LogP contribution < -0.4 is 9.62 Å². The number of aryl methyl sites for hydroxylation is 2. The molecule has 0 aliphatic rings. The first kappa shape index (κ1) is 30.8. The number of likely N-dealkylation sites (N-methyl/N-ethyl adjacent to an activating group) is 1. The molecule has 0 heterocycles. The predicted octanol–water partition coefficient (Wildman–Crippen LogP) is 5.54. The van der Waals surface area contributed by atoms with Gasteiger partial charge in [-0.3, -0.25) is 13.9 Å². The quantitative estimate of drug-likeness (QED) is 0.244. The Balaban J connectivity index is 1.80. The van der Waals surface area contributed by atoms with Crippen molar-refractivity contribution in [1.82, 2.24) is 10.2 Å². The second-order valence-electron chi connectivity index (χ2n) is 10.1. The lowest BCUT2D eigenvalue weighted by atomic mass is 10.0. The molecule has 0 saturated heterocycles. The molecular weight excluding hydrogens is 570 g/mol. The molecule has 0 fully saturated rings. The van der Waals surface area contributed by atoms with Crippen LogP contribution in [0, 0.1) is 13.8 Å². The average Bonchev–Trinajstić information content (AvgIpc) is 2.99. The largest absolute Gasteiger partial charge is 0.357 e. The van der Waals surface area contributed by atoms with Crippen molar-refractivity contribution in [3.05, 3.63) is 130 Å². The zero-order valence-corrected chi connectivity index (χ0v) is 25.4. The van der Waals surface area contributed by atoms with Gasteiger partial charge in [0.2, 0.25) is 11.8 Å². The van der Waals surface area contributed by atoms with E-state index >= 15 is 0 Å². The van der Waals surface area contributed by atoms with Crippen LogP contribution in [0.5, 0.6) is 0 Å². The summed E-state index contributed by atoms with van der Waals surface area (Å²) in [6.07, 6.45) is 0.253. The van der Waals surface area contributed by atoms with Crippen LogP contribution in [0.15, 0.2) is 108 Å². The highest BCUT2D eigenvalue weighted by Gasteiger charge is 2.34. The van der Waals surface area contributed by atoms with E-state index in [2.05, 4.69) is 5.32 Å². The van der Waals surface area contributed by atoms with E-state index in [1.165, 1.54) is 24.1 Å². The van der Waals surface area contributed by atoms with E-state index < -0.39 is 28.5 Å². The Morgan fingerprint density at radius 2 is 1.45 bits per heavy atom. The second-order valence-corrected chi connectivity index (χ2v) is 12.4. The maximum Gasteiger partial charge on any atom is 0.264 e. The van der Waals surface area contributed by atoms with E-state index in [4.69, 9.17) is 11.6 Å². The Kier molecular flexibility index (Phi) is 10.0. The van der Waals surface area contributed by atoms with E-state index in [1.54, 1.807) is 43.3 Å². The first-order valence-electron chi connectivity index (χ1n) is 13.5. The molecule has 4 rings (SSSR count). The topological polar surface area (TPSA) is 86.8 Å². The van der Waals surface area contributed by atoms with Crippen LogP contribution in [0.25, 0.3) is 0 Å². The summed E-state index contributed by atoms with van der Waals surface area (Å²) in [7, 11) is -2.64. The Labute approximate surface area is 252 Å². The number of carbonyl (C=O) groups excluding carboxylic acids is 2. The lowest BCUT2D eigenvalue weighted by molar-refractivity contribution is -0.139. The summed E-state index contributed by atoms with van der Waals surface area (Å²) in [6.45, 7) is 3.30. The SMILES string of the molecule is CNC(=O)[C@H](Cc1ccccc1)N(Cc1ccc(C)cc1)C(=O)CN(c1ccc(Cl)cc1C)S(=O)(=O)c1ccccc1. The summed E-state index contributed by atoms with van der Waals surface area (Å²) in [4.78, 5) is 29.2. The van der Waals surface area contributed by atoms with Crippen molar-refractivity contribution >= 4 is 39.1 Å². The molecule has 0 unspecified atom stereocenters. The van der Waals surface area contributed by atoms with Gasteiger partial charge < -0.3 is 10.2 Å². The fourth-order valence-corrected chi connectivity index (χ4v) is 6.47. The number of hydrogen-bond acceptors (Lipinski definition) is 4. The van der Waals surface area contributed by atoms with Crippen LogP contribution in [-0.2, 0) is 32.6 Å². The third kappa shape index (κ3) is 7.38. The van der Waals surface area contributed by atoms with E-state index in [0.29, 0.717) is 16.3 Å². The first-order valence-corrected chi connectivity index (χ1v) is 15.4. The van der Waals surface area contributed by atoms with Crippen molar-refractivity contribution in [1.29, 1.82) is 0 Å². The standard InChI is InChI=1S/C33H34ClN3O4S/c1-24-14-16-27(17-15-24)22-36(31(33(39)35-3)21-26-10-6-4-7-11-26)32(38)23-37(30-19-18-28(34)20-25(30)2)42(40,41)29-12-8-5-9-13-29/h4-20,31H,21-23H2,1-3H3,(H,35,39)/t31-/m0/s1. The summed E-state index contributed by atoms with van der Waals surface area (Å²) in [5.74, 6) is -0.867. The number of nitrogens with one attached hydrogen (secondary N) is 1. The molecule has 1 N–H and O–H groups in total. The van der Waals surface area contributed by atoms with Gasteiger partial charge in [-0.15, -0.1) is 0 Å². The molecule has 0 aliphatic heterocycles. The molecule has 1 atom stereocenters. The molecule has 9 heteroatoms. The van der Waals surface area contributed by atoms with Gasteiger partial charge in [-0.25, -0.2) is 8.42 Å². The normalized spacial score (nSPS) is 11.9. The fraction of sp³-hybridized carbons (Fsp3) is 0.212. The van der Waals surface area contributed by atoms with Crippen LogP contribution in [0.3, 0.4) is 0 Å². The monoisotopic (exact) mass is 603 g/mol. The molecule has 0 bridgehead atoms. The first-order chi connectivity index (χ1) is 20.1.